The quantitative estimate of drug-likeness (QED) is 0.409. The smallest absolute Gasteiger partial charge is 0.317 e. The van der Waals surface area contributed by atoms with Gasteiger partial charge in [-0.15, -0.1) is 0 Å². The highest BCUT2D eigenvalue weighted by atomic mass is 16.5. The monoisotopic (exact) mass is 472 g/mol. The highest BCUT2D eigenvalue weighted by molar-refractivity contribution is 6.02. The summed E-state index contributed by atoms with van der Waals surface area (Å²) in [5.74, 6) is -5.16. The van der Waals surface area contributed by atoms with Gasteiger partial charge in [0.15, 0.2) is 5.78 Å². The Morgan fingerprint density at radius 3 is 1.77 bits per heavy atom. The Bertz CT molecular complexity index is 1160. The SMILES string of the molecule is C[C@]1(O)CC(=O)[C@H](C(=O)OCc2ccccc2)[C@H](c2ccccc2)[C@@H]1C(=O)OCc1ccccc1. The number of Topliss-reactive ketones (excluding diaryl/α,β-unsaturated/α-hetero) is 1. The Labute approximate surface area is 204 Å². The molecule has 0 amide bonds. The van der Waals surface area contributed by atoms with E-state index in [1.807, 2.05) is 60.7 Å². The highest BCUT2D eigenvalue weighted by Gasteiger charge is 2.57. The third kappa shape index (κ3) is 5.66. The largest absolute Gasteiger partial charge is 0.461 e. The van der Waals surface area contributed by atoms with Crippen LogP contribution in [0.25, 0.3) is 0 Å². The third-order valence-electron chi connectivity index (χ3n) is 6.41. The van der Waals surface area contributed by atoms with Gasteiger partial charge in [0.25, 0.3) is 0 Å². The molecule has 6 nitrogen and oxygen atoms in total. The molecule has 0 unspecified atom stereocenters. The summed E-state index contributed by atoms with van der Waals surface area (Å²) in [6.45, 7) is 1.47. The lowest BCUT2D eigenvalue weighted by molar-refractivity contribution is -0.174. The third-order valence-corrected chi connectivity index (χ3v) is 6.41. The van der Waals surface area contributed by atoms with Gasteiger partial charge in [0, 0.05) is 12.3 Å². The minimum Gasteiger partial charge on any atom is -0.461 e. The average molecular weight is 473 g/mol. The van der Waals surface area contributed by atoms with Crippen molar-refractivity contribution in [1.82, 2.24) is 0 Å². The maximum absolute atomic E-state index is 13.4. The second-order valence-corrected chi connectivity index (χ2v) is 9.08. The van der Waals surface area contributed by atoms with Crippen LogP contribution < -0.4 is 0 Å². The van der Waals surface area contributed by atoms with Crippen LogP contribution in [0.1, 0.15) is 36.0 Å². The van der Waals surface area contributed by atoms with E-state index < -0.39 is 41.1 Å². The maximum Gasteiger partial charge on any atom is 0.317 e. The van der Waals surface area contributed by atoms with Gasteiger partial charge in [0.2, 0.25) is 0 Å². The van der Waals surface area contributed by atoms with Crippen LogP contribution in [0, 0.1) is 11.8 Å². The molecular formula is C29H28O6. The van der Waals surface area contributed by atoms with Crippen molar-refractivity contribution in [2.45, 2.75) is 38.1 Å². The fraction of sp³-hybridized carbons (Fsp3) is 0.276. The average Bonchev–Trinajstić information content (AvgIpc) is 2.86. The summed E-state index contributed by atoms with van der Waals surface area (Å²) in [6, 6.07) is 27.2. The Balaban J connectivity index is 1.64. The van der Waals surface area contributed by atoms with E-state index in [1.54, 1.807) is 30.3 Å². The van der Waals surface area contributed by atoms with Crippen LogP contribution in [0.4, 0.5) is 0 Å². The Morgan fingerprint density at radius 2 is 1.26 bits per heavy atom. The van der Waals surface area contributed by atoms with Crippen LogP contribution in [0.3, 0.4) is 0 Å². The molecule has 0 aromatic heterocycles. The molecule has 1 aliphatic rings. The van der Waals surface area contributed by atoms with Crippen LogP contribution in [0.5, 0.6) is 0 Å². The summed E-state index contributed by atoms with van der Waals surface area (Å²) in [4.78, 5) is 39.8. The van der Waals surface area contributed by atoms with Gasteiger partial charge in [-0.05, 0) is 23.6 Å². The summed E-state index contributed by atoms with van der Waals surface area (Å²) in [6.07, 6.45) is -0.355. The van der Waals surface area contributed by atoms with E-state index in [2.05, 4.69) is 0 Å². The molecule has 1 aliphatic carbocycles. The Hall–Kier alpha value is -3.77. The molecule has 35 heavy (non-hydrogen) atoms. The number of hydrogen-bond acceptors (Lipinski definition) is 6. The van der Waals surface area contributed by atoms with Crippen molar-refractivity contribution in [2.75, 3.05) is 0 Å². The second kappa shape index (κ2) is 10.7. The molecule has 0 saturated heterocycles. The number of aliphatic hydroxyl groups is 1. The lowest BCUT2D eigenvalue weighted by Gasteiger charge is -2.43. The molecule has 1 saturated carbocycles. The fourth-order valence-corrected chi connectivity index (χ4v) is 4.73. The minimum absolute atomic E-state index is 0.00444. The molecule has 6 heteroatoms. The minimum atomic E-state index is -1.69. The van der Waals surface area contributed by atoms with Crippen LogP contribution in [0.15, 0.2) is 91.0 Å². The van der Waals surface area contributed by atoms with Crippen molar-refractivity contribution in [2.24, 2.45) is 11.8 Å². The first-order chi connectivity index (χ1) is 16.9. The number of benzene rings is 3. The number of esters is 2. The summed E-state index contributed by atoms with van der Waals surface area (Å²) >= 11 is 0. The van der Waals surface area contributed by atoms with Gasteiger partial charge >= 0.3 is 11.9 Å². The van der Waals surface area contributed by atoms with Crippen LogP contribution in [0.2, 0.25) is 0 Å². The zero-order valence-electron chi connectivity index (χ0n) is 19.5. The van der Waals surface area contributed by atoms with Crippen LogP contribution in [-0.2, 0) is 37.1 Å². The molecular weight excluding hydrogens is 444 g/mol. The maximum atomic E-state index is 13.4. The van der Waals surface area contributed by atoms with Gasteiger partial charge < -0.3 is 14.6 Å². The number of carbonyl (C=O) groups excluding carboxylic acids is 3. The van der Waals surface area contributed by atoms with Gasteiger partial charge in [-0.1, -0.05) is 91.0 Å². The van der Waals surface area contributed by atoms with Crippen molar-refractivity contribution in [3.8, 4) is 0 Å². The normalized spacial score (nSPS) is 23.9. The number of ketones is 1. The van der Waals surface area contributed by atoms with Gasteiger partial charge in [-0.25, -0.2) is 0 Å². The topological polar surface area (TPSA) is 89.9 Å². The number of rotatable bonds is 7. The summed E-state index contributed by atoms with van der Waals surface area (Å²) < 4.78 is 11.1. The van der Waals surface area contributed by atoms with Crippen molar-refractivity contribution in [3.05, 3.63) is 108 Å². The molecule has 0 bridgehead atoms. The van der Waals surface area contributed by atoms with E-state index >= 15 is 0 Å². The second-order valence-electron chi connectivity index (χ2n) is 9.08. The van der Waals surface area contributed by atoms with E-state index in [4.69, 9.17) is 9.47 Å². The number of carbonyl (C=O) groups is 3. The van der Waals surface area contributed by atoms with Gasteiger partial charge in [0.1, 0.15) is 19.1 Å². The molecule has 0 heterocycles. The summed E-state index contributed by atoms with van der Waals surface area (Å²) in [7, 11) is 0. The molecule has 4 atom stereocenters. The van der Waals surface area contributed by atoms with E-state index in [1.165, 1.54) is 6.92 Å². The van der Waals surface area contributed by atoms with Gasteiger partial charge in [-0.2, -0.15) is 0 Å². The first kappa shape index (κ1) is 24.4. The Kier molecular flexibility index (Phi) is 7.42. The molecule has 0 aliphatic heterocycles. The summed E-state index contributed by atoms with van der Waals surface area (Å²) in [5.41, 5.74) is 0.472. The predicted octanol–water partition coefficient (Wildman–Crippen LogP) is 4.21. The predicted molar refractivity (Wildman–Crippen MR) is 129 cm³/mol. The first-order valence-corrected chi connectivity index (χ1v) is 11.6. The molecule has 3 aromatic carbocycles. The van der Waals surface area contributed by atoms with Gasteiger partial charge in [0.05, 0.1) is 11.5 Å². The molecule has 4 rings (SSSR count). The van der Waals surface area contributed by atoms with E-state index in [0.717, 1.165) is 11.1 Å². The Morgan fingerprint density at radius 1 is 0.800 bits per heavy atom. The van der Waals surface area contributed by atoms with Crippen molar-refractivity contribution in [1.29, 1.82) is 0 Å². The molecule has 1 fully saturated rings. The highest BCUT2D eigenvalue weighted by Crippen LogP contribution is 2.46. The van der Waals surface area contributed by atoms with Crippen molar-refractivity contribution in [3.63, 3.8) is 0 Å². The molecule has 0 spiro atoms. The molecule has 3 aromatic rings. The van der Waals surface area contributed by atoms with Crippen molar-refractivity contribution < 1.29 is 29.0 Å². The molecule has 0 radical (unpaired) electrons. The van der Waals surface area contributed by atoms with E-state index in [0.29, 0.717) is 5.56 Å². The van der Waals surface area contributed by atoms with Crippen LogP contribution in [-0.4, -0.2) is 28.4 Å². The van der Waals surface area contributed by atoms with Gasteiger partial charge in [-0.3, -0.25) is 14.4 Å². The molecule has 1 N–H and O–H groups in total. The summed E-state index contributed by atoms with van der Waals surface area (Å²) in [5, 5.41) is 11.2. The van der Waals surface area contributed by atoms with E-state index in [-0.39, 0.29) is 19.6 Å². The zero-order chi connectivity index (χ0) is 24.8. The standard InChI is InChI=1S/C29H28O6/c1-29(33)17-23(30)25(27(31)34-18-20-11-5-2-6-12-20)24(22-15-9-4-10-16-22)26(29)28(32)35-19-21-13-7-3-8-14-21/h2-16,24-26,33H,17-19H2,1H3/t24-,25-,26+,29-/m0/s1. The molecule has 180 valence electrons. The lowest BCUT2D eigenvalue weighted by Crippen LogP contribution is -2.55. The fourth-order valence-electron chi connectivity index (χ4n) is 4.73. The van der Waals surface area contributed by atoms with Crippen molar-refractivity contribution >= 4 is 17.7 Å². The number of ether oxygens (including phenoxy) is 2. The number of hydrogen-bond donors (Lipinski definition) is 1. The van der Waals surface area contributed by atoms with E-state index in [9.17, 15) is 19.5 Å². The first-order valence-electron chi connectivity index (χ1n) is 11.6. The van der Waals surface area contributed by atoms with Crippen LogP contribution >= 0.6 is 0 Å². The lowest BCUT2D eigenvalue weighted by atomic mass is 9.62. The zero-order valence-corrected chi connectivity index (χ0v) is 19.5.